The van der Waals surface area contributed by atoms with Crippen molar-refractivity contribution in [3.8, 4) is 5.75 Å². The highest BCUT2D eigenvalue weighted by molar-refractivity contribution is 6.30. The van der Waals surface area contributed by atoms with Crippen LogP contribution >= 0.6 is 11.6 Å². The minimum Gasteiger partial charge on any atom is -0.497 e. The summed E-state index contributed by atoms with van der Waals surface area (Å²) >= 11 is 5.99. The molecule has 29 heavy (non-hydrogen) atoms. The summed E-state index contributed by atoms with van der Waals surface area (Å²) < 4.78 is 5.34. The fourth-order valence-electron chi connectivity index (χ4n) is 5.15. The van der Waals surface area contributed by atoms with Crippen molar-refractivity contribution >= 4 is 17.5 Å². The molecular formula is C24H27ClN2O2. The Kier molecular flexibility index (Phi) is 5.00. The van der Waals surface area contributed by atoms with E-state index in [4.69, 9.17) is 16.3 Å². The Bertz CT molecular complexity index is 900. The van der Waals surface area contributed by atoms with Crippen LogP contribution in [0.1, 0.15) is 29.9 Å². The molecule has 5 heteroatoms. The number of methoxy groups -OCH3 is 1. The topological polar surface area (TPSA) is 32.8 Å². The number of hydrogen-bond donors (Lipinski definition) is 0. The quantitative estimate of drug-likeness (QED) is 0.741. The van der Waals surface area contributed by atoms with Crippen LogP contribution in [0.2, 0.25) is 5.02 Å². The molecule has 3 aliphatic rings. The summed E-state index contributed by atoms with van der Waals surface area (Å²) in [5.74, 6) is 2.43. The van der Waals surface area contributed by atoms with Gasteiger partial charge in [-0.2, -0.15) is 0 Å². The molecule has 152 valence electrons. The van der Waals surface area contributed by atoms with Crippen LogP contribution in [0.25, 0.3) is 0 Å². The van der Waals surface area contributed by atoms with Crippen LogP contribution in [0.4, 0.5) is 0 Å². The van der Waals surface area contributed by atoms with Gasteiger partial charge in [0.2, 0.25) is 5.91 Å². The molecule has 0 aromatic heterocycles. The van der Waals surface area contributed by atoms with Gasteiger partial charge in [0, 0.05) is 49.1 Å². The van der Waals surface area contributed by atoms with Crippen LogP contribution in [0.15, 0.2) is 48.5 Å². The molecule has 2 aromatic carbocycles. The van der Waals surface area contributed by atoms with Crippen LogP contribution in [0, 0.1) is 11.8 Å². The van der Waals surface area contributed by atoms with E-state index in [0.717, 1.165) is 49.8 Å². The molecule has 2 saturated heterocycles. The Morgan fingerprint density at radius 2 is 2.00 bits per heavy atom. The Morgan fingerprint density at radius 3 is 2.76 bits per heavy atom. The maximum atomic E-state index is 13.0. The number of benzene rings is 2. The lowest BCUT2D eigenvalue weighted by Crippen LogP contribution is -2.63. The molecule has 1 aliphatic carbocycles. The maximum absolute atomic E-state index is 13.0. The average Bonchev–Trinajstić information content (AvgIpc) is 3.53. The second-order valence-corrected chi connectivity index (χ2v) is 9.12. The maximum Gasteiger partial charge on any atom is 0.226 e. The second-order valence-electron chi connectivity index (χ2n) is 8.68. The van der Waals surface area contributed by atoms with Gasteiger partial charge in [0.25, 0.3) is 0 Å². The molecule has 0 spiro atoms. The molecule has 1 amide bonds. The minimum atomic E-state index is 0.167. The molecule has 0 unspecified atom stereocenters. The van der Waals surface area contributed by atoms with Gasteiger partial charge in [-0.3, -0.25) is 9.69 Å². The first-order chi connectivity index (χ1) is 14.1. The summed E-state index contributed by atoms with van der Waals surface area (Å²) in [4.78, 5) is 17.7. The van der Waals surface area contributed by atoms with Gasteiger partial charge in [0.1, 0.15) is 5.75 Å². The van der Waals surface area contributed by atoms with Gasteiger partial charge < -0.3 is 9.64 Å². The third kappa shape index (κ3) is 3.76. The van der Waals surface area contributed by atoms with E-state index in [-0.39, 0.29) is 5.92 Å². The van der Waals surface area contributed by atoms with E-state index >= 15 is 0 Å². The van der Waals surface area contributed by atoms with Crippen molar-refractivity contribution in [1.29, 1.82) is 0 Å². The first kappa shape index (κ1) is 19.0. The number of rotatable bonds is 5. The standard InChI is InChI=1S/C24H27ClN2O2/c1-29-20-4-2-3-16(11-20)13-27-15-18-14-26(10-9-23(18)27)24(28)22-12-21(22)17-5-7-19(25)8-6-17/h2-8,11,18,21-23H,9-10,12-15H2,1H3/t18-,21+,22+,23+/m0/s1. The Balaban J connectivity index is 1.14. The Morgan fingerprint density at radius 1 is 1.17 bits per heavy atom. The number of halogens is 1. The summed E-state index contributed by atoms with van der Waals surface area (Å²) in [5.41, 5.74) is 2.54. The van der Waals surface area contributed by atoms with Crippen molar-refractivity contribution in [2.75, 3.05) is 26.7 Å². The highest BCUT2D eigenvalue weighted by atomic mass is 35.5. The van der Waals surface area contributed by atoms with Crippen molar-refractivity contribution in [3.05, 3.63) is 64.7 Å². The molecule has 0 radical (unpaired) electrons. The minimum absolute atomic E-state index is 0.167. The van der Waals surface area contributed by atoms with Crippen LogP contribution in [0.3, 0.4) is 0 Å². The number of ether oxygens (including phenoxy) is 1. The number of carbonyl (C=O) groups is 1. The van der Waals surface area contributed by atoms with Gasteiger partial charge >= 0.3 is 0 Å². The SMILES string of the molecule is COc1cccc(CN2C[C@@H]3CN(C(=O)[C@@H]4C[C@@H]4c4ccc(Cl)cc4)CC[C@H]32)c1. The summed E-state index contributed by atoms with van der Waals surface area (Å²) in [5, 5.41) is 0.753. The number of carbonyl (C=O) groups excluding carboxylic acids is 1. The normalized spacial score (nSPS) is 28.4. The third-order valence-corrected chi connectivity index (χ3v) is 7.12. The van der Waals surface area contributed by atoms with Gasteiger partial charge in [-0.15, -0.1) is 0 Å². The summed E-state index contributed by atoms with van der Waals surface area (Å²) in [7, 11) is 1.71. The van der Waals surface area contributed by atoms with Crippen molar-refractivity contribution in [3.63, 3.8) is 0 Å². The molecule has 0 N–H and O–H groups in total. The van der Waals surface area contributed by atoms with E-state index in [1.165, 1.54) is 11.1 Å². The van der Waals surface area contributed by atoms with E-state index in [1.807, 2.05) is 18.2 Å². The molecule has 2 heterocycles. The number of hydrogen-bond acceptors (Lipinski definition) is 3. The molecule has 2 aromatic rings. The summed E-state index contributed by atoms with van der Waals surface area (Å²) in [6.45, 7) is 3.85. The van der Waals surface area contributed by atoms with Crippen LogP contribution in [-0.2, 0) is 11.3 Å². The third-order valence-electron chi connectivity index (χ3n) is 6.87. The highest BCUT2D eigenvalue weighted by Gasteiger charge is 2.49. The van der Waals surface area contributed by atoms with Crippen molar-refractivity contribution in [2.24, 2.45) is 11.8 Å². The number of nitrogens with zero attached hydrogens (tertiary/aromatic N) is 2. The van der Waals surface area contributed by atoms with Crippen LogP contribution < -0.4 is 4.74 Å². The first-order valence-electron chi connectivity index (χ1n) is 10.5. The second kappa shape index (κ2) is 7.66. The number of piperidine rings is 1. The van der Waals surface area contributed by atoms with Gasteiger partial charge in [-0.25, -0.2) is 0 Å². The Labute approximate surface area is 177 Å². The lowest BCUT2D eigenvalue weighted by Gasteiger charge is -2.53. The van der Waals surface area contributed by atoms with Crippen molar-refractivity contribution in [2.45, 2.75) is 31.3 Å². The molecule has 0 bridgehead atoms. The van der Waals surface area contributed by atoms with E-state index in [9.17, 15) is 4.79 Å². The fraction of sp³-hybridized carbons (Fsp3) is 0.458. The number of likely N-dealkylation sites (tertiary alicyclic amines) is 2. The zero-order chi connectivity index (χ0) is 20.0. The van der Waals surface area contributed by atoms with Crippen molar-refractivity contribution in [1.82, 2.24) is 9.80 Å². The highest BCUT2D eigenvalue weighted by Crippen LogP contribution is 2.49. The Hall–Kier alpha value is -2.04. The van der Waals surface area contributed by atoms with E-state index < -0.39 is 0 Å². The molecule has 5 rings (SSSR count). The summed E-state index contributed by atoms with van der Waals surface area (Å²) in [6, 6.07) is 16.9. The van der Waals surface area contributed by atoms with Gasteiger partial charge in [-0.1, -0.05) is 35.9 Å². The van der Waals surface area contributed by atoms with Gasteiger partial charge in [-0.05, 0) is 54.2 Å². The summed E-state index contributed by atoms with van der Waals surface area (Å²) in [6.07, 6.45) is 2.06. The number of amides is 1. The van der Waals surface area contributed by atoms with E-state index in [1.54, 1.807) is 7.11 Å². The van der Waals surface area contributed by atoms with Crippen LogP contribution in [-0.4, -0.2) is 48.5 Å². The van der Waals surface area contributed by atoms with E-state index in [2.05, 4.69) is 40.1 Å². The molecular weight excluding hydrogens is 384 g/mol. The molecule has 1 saturated carbocycles. The first-order valence-corrected chi connectivity index (χ1v) is 10.9. The molecule has 4 atom stereocenters. The smallest absolute Gasteiger partial charge is 0.226 e. The van der Waals surface area contributed by atoms with E-state index in [0.29, 0.717) is 23.8 Å². The predicted molar refractivity (Wildman–Crippen MR) is 114 cm³/mol. The predicted octanol–water partition coefficient (Wildman–Crippen LogP) is 4.19. The lowest BCUT2D eigenvalue weighted by atomic mass is 9.82. The van der Waals surface area contributed by atoms with Gasteiger partial charge in [0.05, 0.1) is 7.11 Å². The monoisotopic (exact) mass is 410 g/mol. The molecule has 2 aliphatic heterocycles. The van der Waals surface area contributed by atoms with Crippen molar-refractivity contribution < 1.29 is 9.53 Å². The largest absolute Gasteiger partial charge is 0.497 e. The molecule has 4 nitrogen and oxygen atoms in total. The average molecular weight is 411 g/mol. The number of fused-ring (bicyclic) bond motifs is 1. The van der Waals surface area contributed by atoms with Gasteiger partial charge in [0.15, 0.2) is 0 Å². The molecule has 3 fully saturated rings. The zero-order valence-electron chi connectivity index (χ0n) is 16.8. The van der Waals surface area contributed by atoms with Crippen LogP contribution in [0.5, 0.6) is 5.75 Å². The lowest BCUT2D eigenvalue weighted by molar-refractivity contribution is -0.139. The zero-order valence-corrected chi connectivity index (χ0v) is 17.5. The fourth-order valence-corrected chi connectivity index (χ4v) is 5.27.